The first-order chi connectivity index (χ1) is 7.31. The molecule has 2 aliphatic rings. The Labute approximate surface area is 91.2 Å². The van der Waals surface area contributed by atoms with Gasteiger partial charge < -0.3 is 10.2 Å². The molecule has 0 spiro atoms. The average molecular weight is 206 g/mol. The van der Waals surface area contributed by atoms with Gasteiger partial charge in [0.15, 0.2) is 0 Å². The van der Waals surface area contributed by atoms with Gasteiger partial charge in [0.2, 0.25) is 5.91 Å². The molecule has 2 rings (SSSR count). The molecule has 0 aromatic heterocycles. The third kappa shape index (κ3) is 2.73. The van der Waals surface area contributed by atoms with Crippen LogP contribution in [0.4, 0.5) is 0 Å². The van der Waals surface area contributed by atoms with Crippen LogP contribution in [-0.4, -0.2) is 36.5 Å². The zero-order chi connectivity index (χ0) is 10.7. The fourth-order valence-corrected chi connectivity index (χ4v) is 2.07. The highest BCUT2D eigenvalue weighted by molar-refractivity contribution is 5.82. The highest BCUT2D eigenvalue weighted by Crippen LogP contribution is 2.30. The van der Waals surface area contributed by atoms with E-state index in [-0.39, 0.29) is 11.9 Å². The van der Waals surface area contributed by atoms with Crippen LogP contribution in [0, 0.1) is 18.3 Å². The van der Waals surface area contributed by atoms with Crippen LogP contribution in [0.2, 0.25) is 0 Å². The van der Waals surface area contributed by atoms with Crippen LogP contribution >= 0.6 is 0 Å². The van der Waals surface area contributed by atoms with Crippen molar-refractivity contribution in [2.45, 2.75) is 31.7 Å². The molecule has 0 bridgehead atoms. The van der Waals surface area contributed by atoms with Crippen molar-refractivity contribution >= 4 is 5.91 Å². The number of hydrogen-bond donors (Lipinski definition) is 1. The largest absolute Gasteiger partial charge is 0.330 e. The van der Waals surface area contributed by atoms with Gasteiger partial charge in [-0.25, -0.2) is 0 Å². The van der Waals surface area contributed by atoms with Crippen molar-refractivity contribution in [1.29, 1.82) is 0 Å². The number of carbonyl (C=O) groups excluding carboxylic acids is 1. The molecule has 0 unspecified atom stereocenters. The molecule has 0 aromatic rings. The Morgan fingerprint density at radius 3 is 2.80 bits per heavy atom. The summed E-state index contributed by atoms with van der Waals surface area (Å²) in [6.07, 6.45) is 9.87. The van der Waals surface area contributed by atoms with Crippen LogP contribution in [0.25, 0.3) is 0 Å². The summed E-state index contributed by atoms with van der Waals surface area (Å²) in [5, 5.41) is 3.23. The molecule has 1 saturated carbocycles. The van der Waals surface area contributed by atoms with E-state index in [4.69, 9.17) is 6.42 Å². The molecule has 1 aliphatic carbocycles. The molecule has 1 amide bonds. The lowest BCUT2D eigenvalue weighted by molar-refractivity contribution is -0.132. The summed E-state index contributed by atoms with van der Waals surface area (Å²) in [4.78, 5) is 13.9. The Morgan fingerprint density at radius 1 is 1.47 bits per heavy atom. The Hall–Kier alpha value is -1.01. The normalized spacial score (nSPS) is 24.9. The van der Waals surface area contributed by atoms with E-state index in [9.17, 15) is 4.79 Å². The fourth-order valence-electron chi connectivity index (χ4n) is 2.07. The zero-order valence-corrected chi connectivity index (χ0v) is 9.04. The SMILES string of the molecule is C#CCN(CC1CC1)C(=O)[C@H]1CCCN1. The predicted molar refractivity (Wildman–Crippen MR) is 59.2 cm³/mol. The fraction of sp³-hybridized carbons (Fsp3) is 0.750. The molecule has 3 nitrogen and oxygen atoms in total. The van der Waals surface area contributed by atoms with Crippen molar-refractivity contribution in [1.82, 2.24) is 10.2 Å². The number of carbonyl (C=O) groups is 1. The monoisotopic (exact) mass is 206 g/mol. The van der Waals surface area contributed by atoms with E-state index < -0.39 is 0 Å². The van der Waals surface area contributed by atoms with Crippen molar-refractivity contribution in [3.63, 3.8) is 0 Å². The van der Waals surface area contributed by atoms with E-state index in [1.54, 1.807) is 0 Å². The molecule has 1 heterocycles. The third-order valence-electron chi connectivity index (χ3n) is 3.13. The maximum absolute atomic E-state index is 12.1. The van der Waals surface area contributed by atoms with Gasteiger partial charge in [-0.15, -0.1) is 6.42 Å². The summed E-state index contributed by atoms with van der Waals surface area (Å²) < 4.78 is 0. The first-order valence-corrected chi connectivity index (χ1v) is 5.77. The highest BCUT2D eigenvalue weighted by atomic mass is 16.2. The highest BCUT2D eigenvalue weighted by Gasteiger charge is 2.30. The van der Waals surface area contributed by atoms with Gasteiger partial charge in [-0.05, 0) is 38.1 Å². The third-order valence-corrected chi connectivity index (χ3v) is 3.13. The number of terminal acetylenes is 1. The van der Waals surface area contributed by atoms with Crippen molar-refractivity contribution in [3.05, 3.63) is 0 Å². The number of hydrogen-bond acceptors (Lipinski definition) is 2. The molecule has 1 saturated heterocycles. The summed E-state index contributed by atoms with van der Waals surface area (Å²) in [6, 6.07) is 0.0251. The van der Waals surface area contributed by atoms with Crippen molar-refractivity contribution in [2.75, 3.05) is 19.6 Å². The second-order valence-corrected chi connectivity index (χ2v) is 4.52. The molecule has 82 valence electrons. The molecule has 2 fully saturated rings. The van der Waals surface area contributed by atoms with Gasteiger partial charge in [0, 0.05) is 6.54 Å². The van der Waals surface area contributed by atoms with Crippen LogP contribution in [0.3, 0.4) is 0 Å². The Bertz CT molecular complexity index is 272. The molecule has 0 aromatic carbocycles. The molecule has 1 atom stereocenters. The van der Waals surface area contributed by atoms with E-state index in [0.717, 1.165) is 25.9 Å². The lowest BCUT2D eigenvalue weighted by Gasteiger charge is -2.23. The van der Waals surface area contributed by atoms with Crippen LogP contribution in [0.15, 0.2) is 0 Å². The van der Waals surface area contributed by atoms with Crippen molar-refractivity contribution in [3.8, 4) is 12.3 Å². The van der Waals surface area contributed by atoms with Crippen LogP contribution < -0.4 is 5.32 Å². The molecule has 1 N–H and O–H groups in total. The summed E-state index contributed by atoms with van der Waals surface area (Å²) in [5.74, 6) is 3.50. The first-order valence-electron chi connectivity index (χ1n) is 5.77. The number of rotatable bonds is 4. The minimum Gasteiger partial charge on any atom is -0.330 e. The average Bonchev–Trinajstić information content (AvgIpc) is 2.88. The zero-order valence-electron chi connectivity index (χ0n) is 9.04. The lowest BCUT2D eigenvalue weighted by atomic mass is 10.2. The minimum absolute atomic E-state index is 0.0251. The number of nitrogens with one attached hydrogen (secondary N) is 1. The van der Waals surface area contributed by atoms with Gasteiger partial charge in [-0.3, -0.25) is 4.79 Å². The standard InChI is InChI=1S/C12H18N2O/c1-2-8-14(9-10-5-6-10)12(15)11-4-3-7-13-11/h1,10-11,13H,3-9H2/t11-/m1/s1. The maximum atomic E-state index is 12.1. The van der Waals surface area contributed by atoms with E-state index in [1.165, 1.54) is 12.8 Å². The molecular weight excluding hydrogens is 188 g/mol. The van der Waals surface area contributed by atoms with E-state index in [1.807, 2.05) is 4.90 Å². The Morgan fingerprint density at radius 2 is 2.27 bits per heavy atom. The number of amides is 1. The second kappa shape index (κ2) is 4.67. The van der Waals surface area contributed by atoms with E-state index in [2.05, 4.69) is 11.2 Å². The molecular formula is C12H18N2O. The van der Waals surface area contributed by atoms with Crippen molar-refractivity contribution < 1.29 is 4.79 Å². The molecule has 15 heavy (non-hydrogen) atoms. The summed E-state index contributed by atoms with van der Waals surface area (Å²) in [7, 11) is 0. The van der Waals surface area contributed by atoms with Crippen LogP contribution in [-0.2, 0) is 4.79 Å². The van der Waals surface area contributed by atoms with Gasteiger partial charge in [0.25, 0.3) is 0 Å². The molecule has 0 radical (unpaired) electrons. The smallest absolute Gasteiger partial charge is 0.240 e. The first kappa shape index (κ1) is 10.5. The quantitative estimate of drug-likeness (QED) is 0.684. The van der Waals surface area contributed by atoms with E-state index >= 15 is 0 Å². The molecule has 1 aliphatic heterocycles. The van der Waals surface area contributed by atoms with E-state index in [0.29, 0.717) is 12.5 Å². The maximum Gasteiger partial charge on any atom is 0.240 e. The van der Waals surface area contributed by atoms with Crippen molar-refractivity contribution in [2.24, 2.45) is 5.92 Å². The summed E-state index contributed by atoms with van der Waals surface area (Å²) >= 11 is 0. The lowest BCUT2D eigenvalue weighted by Crippen LogP contribution is -2.44. The van der Waals surface area contributed by atoms with Gasteiger partial charge in [0.05, 0.1) is 12.6 Å². The van der Waals surface area contributed by atoms with Gasteiger partial charge in [-0.1, -0.05) is 5.92 Å². The van der Waals surface area contributed by atoms with Crippen LogP contribution in [0.1, 0.15) is 25.7 Å². The second-order valence-electron chi connectivity index (χ2n) is 4.52. The van der Waals surface area contributed by atoms with Gasteiger partial charge in [-0.2, -0.15) is 0 Å². The Kier molecular flexibility index (Phi) is 3.27. The van der Waals surface area contributed by atoms with Gasteiger partial charge >= 0.3 is 0 Å². The minimum atomic E-state index is 0.0251. The molecule has 3 heteroatoms. The number of nitrogens with zero attached hydrogens (tertiary/aromatic N) is 1. The summed E-state index contributed by atoms with van der Waals surface area (Å²) in [6.45, 7) is 2.29. The van der Waals surface area contributed by atoms with Gasteiger partial charge in [0.1, 0.15) is 0 Å². The topological polar surface area (TPSA) is 32.3 Å². The Balaban J connectivity index is 1.89. The summed E-state index contributed by atoms with van der Waals surface area (Å²) in [5.41, 5.74) is 0. The van der Waals surface area contributed by atoms with Crippen LogP contribution in [0.5, 0.6) is 0 Å². The predicted octanol–water partition coefficient (Wildman–Crippen LogP) is 0.610.